The number of benzene rings is 7. The highest BCUT2D eigenvalue weighted by atomic mass is 15.1. The Balaban J connectivity index is 0.981. The molecule has 0 amide bonds. The van der Waals surface area contributed by atoms with Crippen LogP contribution in [0.1, 0.15) is 0 Å². The fraction of sp³-hybridized carbons (Fsp3) is 0. The second-order valence-electron chi connectivity index (χ2n) is 14.4. The van der Waals surface area contributed by atoms with Gasteiger partial charge in [-0.15, -0.1) is 0 Å². The average Bonchev–Trinajstić information content (AvgIpc) is 3.29. The molecule has 0 saturated carbocycles. The Morgan fingerprint density at radius 3 is 1.35 bits per heavy atom. The van der Waals surface area contributed by atoms with Gasteiger partial charge in [-0.25, -0.2) is 19.9 Å². The molecular weight excluding hydrogens is 695 g/mol. The Labute approximate surface area is 329 Å². The molecule has 0 aliphatic heterocycles. The molecule has 4 heterocycles. The highest BCUT2D eigenvalue weighted by molar-refractivity contribution is 6.09. The Hall–Kier alpha value is -7.76. The van der Waals surface area contributed by atoms with Crippen molar-refractivity contribution >= 4 is 71.4 Å². The van der Waals surface area contributed by atoms with E-state index in [1.54, 1.807) is 12.4 Å². The fourth-order valence-corrected chi connectivity index (χ4v) is 7.98. The van der Waals surface area contributed by atoms with Crippen LogP contribution in [0.4, 0.5) is 17.1 Å². The minimum Gasteiger partial charge on any atom is -0.310 e. The van der Waals surface area contributed by atoms with E-state index >= 15 is 0 Å². The van der Waals surface area contributed by atoms with Crippen LogP contribution >= 0.6 is 0 Å². The van der Waals surface area contributed by atoms with Crippen molar-refractivity contribution in [3.63, 3.8) is 0 Å². The number of pyridine rings is 4. The lowest BCUT2D eigenvalue weighted by molar-refractivity contribution is 1.27. The average molecular weight is 728 g/mol. The first kappa shape index (κ1) is 32.7. The third-order valence-electron chi connectivity index (χ3n) is 10.9. The predicted octanol–water partition coefficient (Wildman–Crippen LogP) is 13.5. The summed E-state index contributed by atoms with van der Waals surface area (Å²) in [6, 6.07) is 66.8. The third-order valence-corrected chi connectivity index (χ3v) is 10.9. The minimum atomic E-state index is 0.742. The molecule has 5 heteroatoms. The number of aromatic nitrogens is 4. The first-order chi connectivity index (χ1) is 28.2. The summed E-state index contributed by atoms with van der Waals surface area (Å²) in [5.74, 6) is 0. The first-order valence-corrected chi connectivity index (χ1v) is 19.1. The van der Waals surface area contributed by atoms with E-state index in [0.717, 1.165) is 61.6 Å². The van der Waals surface area contributed by atoms with Crippen LogP contribution in [0, 0.1) is 0 Å². The Bertz CT molecular complexity index is 3180. The summed E-state index contributed by atoms with van der Waals surface area (Å²) in [5, 5.41) is 9.41. The highest BCUT2D eigenvalue weighted by Crippen LogP contribution is 2.39. The number of hydrogen-bond acceptors (Lipinski definition) is 5. The number of rotatable bonds is 6. The van der Waals surface area contributed by atoms with Crippen LogP contribution in [0.2, 0.25) is 0 Å². The number of fused-ring (bicyclic) bond motifs is 6. The van der Waals surface area contributed by atoms with Gasteiger partial charge in [0.1, 0.15) is 0 Å². The molecule has 0 spiro atoms. The van der Waals surface area contributed by atoms with Gasteiger partial charge in [0.15, 0.2) is 11.3 Å². The molecule has 4 aromatic heterocycles. The Morgan fingerprint density at radius 2 is 0.737 bits per heavy atom. The van der Waals surface area contributed by atoms with E-state index in [1.807, 2.05) is 24.3 Å². The molecule has 0 N–H and O–H groups in total. The summed E-state index contributed by atoms with van der Waals surface area (Å²) in [7, 11) is 0. The lowest BCUT2D eigenvalue weighted by Gasteiger charge is -2.26. The molecule has 11 rings (SSSR count). The summed E-state index contributed by atoms with van der Waals surface area (Å²) in [6.07, 6.45) is 3.57. The monoisotopic (exact) mass is 727 g/mol. The van der Waals surface area contributed by atoms with Crippen LogP contribution in [0.15, 0.2) is 200 Å². The van der Waals surface area contributed by atoms with Crippen LogP contribution < -0.4 is 4.90 Å². The van der Waals surface area contributed by atoms with Crippen molar-refractivity contribution in [3.05, 3.63) is 200 Å². The summed E-state index contributed by atoms with van der Waals surface area (Å²) < 4.78 is 0. The third kappa shape index (κ3) is 5.99. The molecule has 0 aliphatic rings. The van der Waals surface area contributed by atoms with E-state index in [2.05, 4.69) is 179 Å². The molecule has 0 atom stereocenters. The van der Waals surface area contributed by atoms with Gasteiger partial charge in [0, 0.05) is 51.4 Å². The standard InChI is InChI=1S/C52H33N5/c1-2-6-39-31-40(10-9-34(39)5-1)41-17-25-47-42(32-41)11-12-43-33-46(24-26-48(43)47)57(44-20-13-35(14-21-44)49-27-18-37-7-3-29-53-51(37)55-49)45-22-15-36(16-23-45)50-28-19-38-8-4-30-54-52(38)56-50/h1-33H. The fourth-order valence-electron chi connectivity index (χ4n) is 7.98. The quantitative estimate of drug-likeness (QED) is 0.160. The maximum Gasteiger partial charge on any atom is 0.159 e. The molecule has 57 heavy (non-hydrogen) atoms. The van der Waals surface area contributed by atoms with Gasteiger partial charge >= 0.3 is 0 Å². The molecule has 7 aromatic carbocycles. The summed E-state index contributed by atoms with van der Waals surface area (Å²) in [5.41, 5.74) is 10.9. The predicted molar refractivity (Wildman–Crippen MR) is 236 cm³/mol. The zero-order chi connectivity index (χ0) is 37.7. The molecule has 266 valence electrons. The number of anilines is 3. The van der Waals surface area contributed by atoms with E-state index in [4.69, 9.17) is 9.97 Å². The highest BCUT2D eigenvalue weighted by Gasteiger charge is 2.16. The van der Waals surface area contributed by atoms with Gasteiger partial charge in [0.25, 0.3) is 0 Å². The molecule has 0 fully saturated rings. The van der Waals surface area contributed by atoms with Crippen molar-refractivity contribution in [2.24, 2.45) is 0 Å². The minimum absolute atomic E-state index is 0.742. The molecule has 5 nitrogen and oxygen atoms in total. The van der Waals surface area contributed by atoms with Crippen molar-refractivity contribution in [3.8, 4) is 33.6 Å². The van der Waals surface area contributed by atoms with E-state index < -0.39 is 0 Å². The summed E-state index contributed by atoms with van der Waals surface area (Å²) in [4.78, 5) is 21.0. The van der Waals surface area contributed by atoms with Crippen molar-refractivity contribution < 1.29 is 0 Å². The van der Waals surface area contributed by atoms with Crippen molar-refractivity contribution in [2.45, 2.75) is 0 Å². The molecule has 0 unspecified atom stereocenters. The SMILES string of the molecule is c1ccc2cc(-c3ccc4c(ccc5cc(N(c6ccc(-c7ccc8cccnc8n7)cc6)c6ccc(-c7ccc8cccnc8n7)cc6)ccc54)c3)ccc2c1. The largest absolute Gasteiger partial charge is 0.310 e. The zero-order valence-corrected chi connectivity index (χ0v) is 30.8. The lowest BCUT2D eigenvalue weighted by Crippen LogP contribution is -2.10. The second-order valence-corrected chi connectivity index (χ2v) is 14.4. The van der Waals surface area contributed by atoms with Crippen LogP contribution in [-0.2, 0) is 0 Å². The molecular formula is C52H33N5. The van der Waals surface area contributed by atoms with Gasteiger partial charge in [-0.2, -0.15) is 0 Å². The molecule has 11 aromatic rings. The maximum atomic E-state index is 4.85. The van der Waals surface area contributed by atoms with E-state index in [0.29, 0.717) is 0 Å². The normalized spacial score (nSPS) is 11.5. The maximum absolute atomic E-state index is 4.85. The molecule has 0 radical (unpaired) electrons. The van der Waals surface area contributed by atoms with E-state index in [1.165, 1.54) is 43.4 Å². The van der Waals surface area contributed by atoms with Gasteiger partial charge in [-0.1, -0.05) is 91.0 Å². The van der Waals surface area contributed by atoms with Gasteiger partial charge in [-0.05, 0) is 141 Å². The van der Waals surface area contributed by atoms with Crippen LogP contribution in [0.25, 0.3) is 88.0 Å². The molecule has 0 aliphatic carbocycles. The second kappa shape index (κ2) is 13.5. The zero-order valence-electron chi connectivity index (χ0n) is 30.8. The molecule has 0 saturated heterocycles. The first-order valence-electron chi connectivity index (χ1n) is 19.1. The lowest BCUT2D eigenvalue weighted by atomic mass is 9.96. The summed E-state index contributed by atoms with van der Waals surface area (Å²) in [6.45, 7) is 0. The Kier molecular flexibility index (Phi) is 7.74. The summed E-state index contributed by atoms with van der Waals surface area (Å²) >= 11 is 0. The smallest absolute Gasteiger partial charge is 0.159 e. The molecule has 0 bridgehead atoms. The van der Waals surface area contributed by atoms with Crippen molar-refractivity contribution in [1.82, 2.24) is 19.9 Å². The van der Waals surface area contributed by atoms with Gasteiger partial charge in [0.05, 0.1) is 11.4 Å². The van der Waals surface area contributed by atoms with Gasteiger partial charge in [-0.3, -0.25) is 0 Å². The Morgan fingerprint density at radius 1 is 0.298 bits per heavy atom. The van der Waals surface area contributed by atoms with Crippen molar-refractivity contribution in [1.29, 1.82) is 0 Å². The van der Waals surface area contributed by atoms with E-state index in [9.17, 15) is 0 Å². The van der Waals surface area contributed by atoms with Crippen LogP contribution in [0.3, 0.4) is 0 Å². The van der Waals surface area contributed by atoms with Gasteiger partial charge in [0.2, 0.25) is 0 Å². The van der Waals surface area contributed by atoms with Crippen LogP contribution in [0.5, 0.6) is 0 Å². The number of hydrogen-bond donors (Lipinski definition) is 0. The van der Waals surface area contributed by atoms with Crippen molar-refractivity contribution in [2.75, 3.05) is 4.90 Å². The topological polar surface area (TPSA) is 54.8 Å². The van der Waals surface area contributed by atoms with Crippen LogP contribution in [-0.4, -0.2) is 19.9 Å². The number of nitrogens with zero attached hydrogens (tertiary/aromatic N) is 5. The van der Waals surface area contributed by atoms with E-state index in [-0.39, 0.29) is 0 Å². The van der Waals surface area contributed by atoms with Gasteiger partial charge < -0.3 is 4.90 Å².